The average Bonchev–Trinajstić information content (AvgIpc) is 2.43. The first kappa shape index (κ1) is 14.2. The van der Waals surface area contributed by atoms with Crippen molar-refractivity contribution in [3.63, 3.8) is 0 Å². The first-order valence-corrected chi connectivity index (χ1v) is 7.02. The molecule has 1 nitrogen and oxygen atoms in total. The van der Waals surface area contributed by atoms with Crippen molar-refractivity contribution in [2.75, 3.05) is 19.6 Å². The van der Waals surface area contributed by atoms with Crippen molar-refractivity contribution in [3.8, 4) is 0 Å². The van der Waals surface area contributed by atoms with Crippen LogP contribution in [0.25, 0.3) is 0 Å². The Bertz CT molecular complexity index is 297. The van der Waals surface area contributed by atoms with E-state index in [4.69, 9.17) is 0 Å². The van der Waals surface area contributed by atoms with Crippen LogP contribution in [0.3, 0.4) is 0 Å². The number of likely N-dealkylation sites (tertiary alicyclic amines) is 1. The predicted octanol–water partition coefficient (Wildman–Crippen LogP) is 4.09. The van der Waals surface area contributed by atoms with Gasteiger partial charge in [0.1, 0.15) is 0 Å². The van der Waals surface area contributed by atoms with Crippen LogP contribution in [0.15, 0.2) is 30.3 Å². The standard InChI is InChI=1S/C14H21N.C2H6/c1-3-15-11-9-14(2,10-12-15)13-7-5-4-6-8-13;1-2/h4-8H,3,9-12H2,1-2H3;1-2H3. The molecular weight excluding hydrogens is 206 g/mol. The van der Waals surface area contributed by atoms with Gasteiger partial charge in [-0.1, -0.05) is 58.0 Å². The van der Waals surface area contributed by atoms with E-state index in [1.54, 1.807) is 0 Å². The second-order valence-electron chi connectivity index (χ2n) is 4.86. The summed E-state index contributed by atoms with van der Waals surface area (Å²) in [6, 6.07) is 11.0. The molecule has 0 aliphatic carbocycles. The topological polar surface area (TPSA) is 3.24 Å². The van der Waals surface area contributed by atoms with Crippen molar-refractivity contribution < 1.29 is 0 Å². The lowest BCUT2D eigenvalue weighted by Crippen LogP contribution is -2.40. The minimum atomic E-state index is 0.410. The number of nitrogens with zero attached hydrogens (tertiary/aromatic N) is 1. The zero-order valence-electron chi connectivity index (χ0n) is 11.9. The highest BCUT2D eigenvalue weighted by molar-refractivity contribution is 5.25. The number of piperidine rings is 1. The lowest BCUT2D eigenvalue weighted by Gasteiger charge is -2.39. The van der Waals surface area contributed by atoms with Crippen LogP contribution in [0.2, 0.25) is 0 Å². The van der Waals surface area contributed by atoms with Crippen molar-refractivity contribution in [1.82, 2.24) is 4.90 Å². The Morgan fingerprint density at radius 3 is 2.06 bits per heavy atom. The van der Waals surface area contributed by atoms with Crippen LogP contribution in [-0.4, -0.2) is 24.5 Å². The molecule has 96 valence electrons. The first-order chi connectivity index (χ1) is 8.24. The van der Waals surface area contributed by atoms with Gasteiger partial charge in [-0.2, -0.15) is 0 Å². The Balaban J connectivity index is 0.000000686. The van der Waals surface area contributed by atoms with E-state index in [1.807, 2.05) is 13.8 Å². The molecule has 0 saturated carbocycles. The molecule has 1 heteroatoms. The molecule has 0 atom stereocenters. The van der Waals surface area contributed by atoms with Crippen LogP contribution in [-0.2, 0) is 5.41 Å². The van der Waals surface area contributed by atoms with Gasteiger partial charge in [-0.25, -0.2) is 0 Å². The fourth-order valence-corrected chi connectivity index (χ4v) is 2.49. The molecule has 0 N–H and O–H groups in total. The third kappa shape index (κ3) is 3.57. The molecule has 1 fully saturated rings. The van der Waals surface area contributed by atoms with E-state index in [2.05, 4.69) is 49.1 Å². The van der Waals surface area contributed by atoms with Crippen LogP contribution < -0.4 is 0 Å². The Kier molecular flexibility index (Phi) is 5.70. The minimum absolute atomic E-state index is 0.410. The molecule has 0 aromatic heterocycles. The van der Waals surface area contributed by atoms with Crippen molar-refractivity contribution in [2.24, 2.45) is 0 Å². The Morgan fingerprint density at radius 1 is 1.06 bits per heavy atom. The van der Waals surface area contributed by atoms with E-state index in [1.165, 1.54) is 38.0 Å². The van der Waals surface area contributed by atoms with Gasteiger partial charge in [0.25, 0.3) is 0 Å². The summed E-state index contributed by atoms with van der Waals surface area (Å²) in [5.74, 6) is 0. The second-order valence-corrected chi connectivity index (χ2v) is 4.86. The van der Waals surface area contributed by atoms with Gasteiger partial charge in [-0.05, 0) is 43.5 Å². The molecule has 0 spiro atoms. The van der Waals surface area contributed by atoms with E-state index < -0.39 is 0 Å². The monoisotopic (exact) mass is 233 g/mol. The van der Waals surface area contributed by atoms with Gasteiger partial charge >= 0.3 is 0 Å². The van der Waals surface area contributed by atoms with Crippen molar-refractivity contribution >= 4 is 0 Å². The molecule has 1 aliphatic heterocycles. The second kappa shape index (κ2) is 6.80. The van der Waals surface area contributed by atoms with Crippen LogP contribution in [0.1, 0.15) is 46.1 Å². The molecule has 0 amide bonds. The highest BCUT2D eigenvalue weighted by Crippen LogP contribution is 2.34. The average molecular weight is 233 g/mol. The normalized spacial score (nSPS) is 19.3. The van der Waals surface area contributed by atoms with Crippen LogP contribution in [0.5, 0.6) is 0 Å². The third-order valence-corrected chi connectivity index (χ3v) is 3.88. The lowest BCUT2D eigenvalue weighted by atomic mass is 9.74. The van der Waals surface area contributed by atoms with Crippen molar-refractivity contribution in [2.45, 2.75) is 46.0 Å². The van der Waals surface area contributed by atoms with Gasteiger partial charge in [0.15, 0.2) is 0 Å². The minimum Gasteiger partial charge on any atom is -0.304 e. The quantitative estimate of drug-likeness (QED) is 0.744. The summed E-state index contributed by atoms with van der Waals surface area (Å²) < 4.78 is 0. The third-order valence-electron chi connectivity index (χ3n) is 3.88. The molecule has 1 aromatic carbocycles. The van der Waals surface area contributed by atoms with E-state index in [9.17, 15) is 0 Å². The van der Waals surface area contributed by atoms with Crippen LogP contribution >= 0.6 is 0 Å². The largest absolute Gasteiger partial charge is 0.304 e. The van der Waals surface area contributed by atoms with E-state index in [0.29, 0.717) is 5.41 Å². The number of rotatable bonds is 2. The van der Waals surface area contributed by atoms with Gasteiger partial charge in [0.2, 0.25) is 0 Å². The molecule has 0 radical (unpaired) electrons. The van der Waals surface area contributed by atoms with E-state index >= 15 is 0 Å². The van der Waals surface area contributed by atoms with E-state index in [-0.39, 0.29) is 0 Å². The summed E-state index contributed by atoms with van der Waals surface area (Å²) >= 11 is 0. The SMILES string of the molecule is CC.CCN1CCC(C)(c2ccccc2)CC1. The van der Waals surface area contributed by atoms with Crippen molar-refractivity contribution in [3.05, 3.63) is 35.9 Å². The summed E-state index contributed by atoms with van der Waals surface area (Å²) in [5.41, 5.74) is 1.92. The summed E-state index contributed by atoms with van der Waals surface area (Å²) in [7, 11) is 0. The Labute approximate surface area is 107 Å². The molecule has 17 heavy (non-hydrogen) atoms. The van der Waals surface area contributed by atoms with E-state index in [0.717, 1.165) is 0 Å². The maximum absolute atomic E-state index is 2.55. The molecule has 1 saturated heterocycles. The maximum atomic E-state index is 2.55. The van der Waals surface area contributed by atoms with Crippen LogP contribution in [0.4, 0.5) is 0 Å². The maximum Gasteiger partial charge on any atom is -0.00104 e. The van der Waals surface area contributed by atoms with Gasteiger partial charge in [-0.3, -0.25) is 0 Å². The molecule has 2 rings (SSSR count). The van der Waals surface area contributed by atoms with Gasteiger partial charge in [0, 0.05) is 0 Å². The zero-order valence-corrected chi connectivity index (χ0v) is 11.9. The summed E-state index contributed by atoms with van der Waals surface area (Å²) in [5, 5.41) is 0. The highest BCUT2D eigenvalue weighted by atomic mass is 15.1. The van der Waals surface area contributed by atoms with Gasteiger partial charge in [-0.15, -0.1) is 0 Å². The predicted molar refractivity (Wildman–Crippen MR) is 76.5 cm³/mol. The molecule has 0 bridgehead atoms. The lowest BCUT2D eigenvalue weighted by molar-refractivity contribution is 0.176. The van der Waals surface area contributed by atoms with Gasteiger partial charge < -0.3 is 4.90 Å². The summed E-state index contributed by atoms with van der Waals surface area (Å²) in [4.78, 5) is 2.55. The highest BCUT2D eigenvalue weighted by Gasteiger charge is 2.30. The first-order valence-electron chi connectivity index (χ1n) is 7.02. The molecular formula is C16H27N. The zero-order chi connectivity index (χ0) is 12.7. The molecule has 1 aromatic rings. The number of hydrogen-bond acceptors (Lipinski definition) is 1. The molecule has 1 heterocycles. The Morgan fingerprint density at radius 2 is 1.59 bits per heavy atom. The molecule has 0 unspecified atom stereocenters. The Hall–Kier alpha value is -0.820. The van der Waals surface area contributed by atoms with Crippen LogP contribution in [0, 0.1) is 0 Å². The fourth-order valence-electron chi connectivity index (χ4n) is 2.49. The fraction of sp³-hybridized carbons (Fsp3) is 0.625. The van der Waals surface area contributed by atoms with Gasteiger partial charge in [0.05, 0.1) is 0 Å². The summed E-state index contributed by atoms with van der Waals surface area (Å²) in [6.07, 6.45) is 2.59. The smallest absolute Gasteiger partial charge is 0.00104 e. The number of hydrogen-bond donors (Lipinski definition) is 0. The summed E-state index contributed by atoms with van der Waals surface area (Å²) in [6.45, 7) is 12.4. The number of benzene rings is 1. The van der Waals surface area contributed by atoms with Crippen molar-refractivity contribution in [1.29, 1.82) is 0 Å². The molecule has 1 aliphatic rings.